The summed E-state index contributed by atoms with van der Waals surface area (Å²) in [5.74, 6) is -0.657. The zero-order valence-corrected chi connectivity index (χ0v) is 14.6. The number of amides is 1. The van der Waals surface area contributed by atoms with Gasteiger partial charge < -0.3 is 15.4 Å². The second kappa shape index (κ2) is 8.04. The third-order valence-corrected chi connectivity index (χ3v) is 3.65. The molecule has 1 atom stereocenters. The van der Waals surface area contributed by atoms with Crippen LogP contribution in [0.1, 0.15) is 17.3 Å². The van der Waals surface area contributed by atoms with E-state index in [1.165, 1.54) is 7.11 Å². The number of carbonyl (C=O) groups is 2. The minimum absolute atomic E-state index is 0.245. The first kappa shape index (κ1) is 18.1. The molecule has 126 valence electrons. The Hall–Kier alpha value is -2.24. The first-order valence-corrected chi connectivity index (χ1v) is 7.86. The highest BCUT2D eigenvalue weighted by Crippen LogP contribution is 2.22. The highest BCUT2D eigenvalue weighted by atomic mass is 35.5. The van der Waals surface area contributed by atoms with Crippen LogP contribution in [0, 0.1) is 0 Å². The number of ether oxygens (including phenoxy) is 1. The summed E-state index contributed by atoms with van der Waals surface area (Å²) in [5.41, 5.74) is 1.66. The van der Waals surface area contributed by atoms with Crippen LogP contribution in [0.5, 0.6) is 0 Å². The molecule has 0 radical (unpaired) electrons. The minimum Gasteiger partial charge on any atom is -0.465 e. The van der Waals surface area contributed by atoms with E-state index in [1.54, 1.807) is 49.4 Å². The lowest BCUT2D eigenvalue weighted by atomic mass is 10.2. The number of rotatable bonds is 5. The van der Waals surface area contributed by atoms with Gasteiger partial charge in [0.1, 0.15) is 6.04 Å². The molecule has 0 heterocycles. The molecule has 0 aliphatic heterocycles. The topological polar surface area (TPSA) is 67.4 Å². The number of nitrogens with one attached hydrogen (secondary N) is 2. The molecule has 0 bridgehead atoms. The fourth-order valence-corrected chi connectivity index (χ4v) is 2.54. The van der Waals surface area contributed by atoms with Crippen LogP contribution in [0.25, 0.3) is 0 Å². The molecular weight excluding hydrogens is 351 g/mol. The number of benzene rings is 2. The van der Waals surface area contributed by atoms with Crippen molar-refractivity contribution in [3.05, 3.63) is 58.1 Å². The van der Waals surface area contributed by atoms with Crippen LogP contribution in [-0.4, -0.2) is 25.0 Å². The molecule has 0 aliphatic rings. The fourth-order valence-electron chi connectivity index (χ4n) is 2.01. The van der Waals surface area contributed by atoms with Gasteiger partial charge in [0.15, 0.2) is 0 Å². The molecule has 0 spiro atoms. The molecule has 0 saturated carbocycles. The number of anilines is 2. The van der Waals surface area contributed by atoms with E-state index in [0.717, 1.165) is 0 Å². The van der Waals surface area contributed by atoms with Crippen LogP contribution in [0.3, 0.4) is 0 Å². The zero-order chi connectivity index (χ0) is 17.7. The van der Waals surface area contributed by atoms with Crippen molar-refractivity contribution in [1.29, 1.82) is 0 Å². The van der Waals surface area contributed by atoms with Gasteiger partial charge in [-0.2, -0.15) is 0 Å². The summed E-state index contributed by atoms with van der Waals surface area (Å²) in [7, 11) is 1.32. The molecule has 2 aromatic rings. The van der Waals surface area contributed by atoms with Gasteiger partial charge in [0.05, 0.1) is 12.7 Å². The standard InChI is InChI=1S/C17H16Cl2N2O3/c1-10(16(22)21-15-8-12(18)7-13(19)9-15)20-14-5-3-11(4-6-14)17(23)24-2/h3-10,20H,1-2H3,(H,21,22)/t10-/m1/s1. The van der Waals surface area contributed by atoms with Crippen LogP contribution < -0.4 is 10.6 Å². The molecule has 0 aliphatic carbocycles. The van der Waals surface area contributed by atoms with Gasteiger partial charge in [0.25, 0.3) is 0 Å². The normalized spacial score (nSPS) is 11.5. The maximum Gasteiger partial charge on any atom is 0.337 e. The van der Waals surface area contributed by atoms with Crippen LogP contribution in [-0.2, 0) is 9.53 Å². The Balaban J connectivity index is 1.99. The molecule has 24 heavy (non-hydrogen) atoms. The molecule has 1 amide bonds. The number of hydrogen-bond acceptors (Lipinski definition) is 4. The maximum atomic E-state index is 12.2. The second-order valence-electron chi connectivity index (χ2n) is 5.08. The van der Waals surface area contributed by atoms with E-state index in [0.29, 0.717) is 27.0 Å². The summed E-state index contributed by atoms with van der Waals surface area (Å²) >= 11 is 11.8. The molecule has 0 unspecified atom stereocenters. The second-order valence-corrected chi connectivity index (χ2v) is 5.96. The number of hydrogen-bond donors (Lipinski definition) is 2. The molecule has 2 aromatic carbocycles. The van der Waals surface area contributed by atoms with Crippen molar-refractivity contribution in [2.75, 3.05) is 17.7 Å². The first-order chi connectivity index (χ1) is 11.4. The molecule has 5 nitrogen and oxygen atoms in total. The third kappa shape index (κ3) is 4.88. The molecule has 2 N–H and O–H groups in total. The molecule has 0 saturated heterocycles. The number of halogens is 2. The van der Waals surface area contributed by atoms with Crippen molar-refractivity contribution in [2.24, 2.45) is 0 Å². The SMILES string of the molecule is COC(=O)c1ccc(N[C@H](C)C(=O)Nc2cc(Cl)cc(Cl)c2)cc1. The molecule has 2 rings (SSSR count). The molecular formula is C17H16Cl2N2O3. The maximum absolute atomic E-state index is 12.2. The Labute approximate surface area is 149 Å². The third-order valence-electron chi connectivity index (χ3n) is 3.21. The van der Waals surface area contributed by atoms with Crippen molar-refractivity contribution in [3.8, 4) is 0 Å². The largest absolute Gasteiger partial charge is 0.465 e. The van der Waals surface area contributed by atoms with E-state index in [4.69, 9.17) is 23.2 Å². The summed E-state index contributed by atoms with van der Waals surface area (Å²) in [5, 5.41) is 6.67. The van der Waals surface area contributed by atoms with E-state index in [1.807, 2.05) is 0 Å². The Morgan fingerprint density at radius 1 is 1.00 bits per heavy atom. The summed E-state index contributed by atoms with van der Waals surface area (Å²) in [6.45, 7) is 1.72. The van der Waals surface area contributed by atoms with Gasteiger partial charge in [0.2, 0.25) is 5.91 Å². The van der Waals surface area contributed by atoms with Gasteiger partial charge >= 0.3 is 5.97 Å². The van der Waals surface area contributed by atoms with Gasteiger partial charge in [-0.1, -0.05) is 23.2 Å². The molecule has 7 heteroatoms. The van der Waals surface area contributed by atoms with Crippen LogP contribution in [0.2, 0.25) is 10.0 Å². The Morgan fingerprint density at radius 2 is 1.58 bits per heavy atom. The van der Waals surface area contributed by atoms with E-state index in [2.05, 4.69) is 15.4 Å². The first-order valence-electron chi connectivity index (χ1n) is 7.11. The smallest absolute Gasteiger partial charge is 0.337 e. The Kier molecular flexibility index (Phi) is 6.06. The quantitative estimate of drug-likeness (QED) is 0.777. The highest BCUT2D eigenvalue weighted by molar-refractivity contribution is 6.35. The van der Waals surface area contributed by atoms with Crippen LogP contribution >= 0.6 is 23.2 Å². The summed E-state index contributed by atoms with van der Waals surface area (Å²) in [6, 6.07) is 11.0. The minimum atomic E-state index is -0.508. The predicted molar refractivity (Wildman–Crippen MR) is 96.0 cm³/mol. The zero-order valence-electron chi connectivity index (χ0n) is 13.1. The highest BCUT2D eigenvalue weighted by Gasteiger charge is 2.14. The average molecular weight is 367 g/mol. The lowest BCUT2D eigenvalue weighted by Gasteiger charge is -2.16. The van der Waals surface area contributed by atoms with Crippen LogP contribution in [0.15, 0.2) is 42.5 Å². The van der Waals surface area contributed by atoms with E-state index < -0.39 is 12.0 Å². The van der Waals surface area contributed by atoms with Crippen molar-refractivity contribution in [2.45, 2.75) is 13.0 Å². The van der Waals surface area contributed by atoms with Gasteiger partial charge in [-0.15, -0.1) is 0 Å². The lowest BCUT2D eigenvalue weighted by Crippen LogP contribution is -2.31. The molecule has 0 aromatic heterocycles. The average Bonchev–Trinajstić information content (AvgIpc) is 2.53. The number of methoxy groups -OCH3 is 1. The van der Waals surface area contributed by atoms with Crippen molar-refractivity contribution in [1.82, 2.24) is 0 Å². The Bertz CT molecular complexity index is 728. The summed E-state index contributed by atoms with van der Waals surface area (Å²) in [4.78, 5) is 23.6. The molecule has 0 fully saturated rings. The summed E-state index contributed by atoms with van der Waals surface area (Å²) in [6.07, 6.45) is 0. The van der Waals surface area contributed by atoms with Crippen molar-refractivity contribution < 1.29 is 14.3 Å². The van der Waals surface area contributed by atoms with Crippen LogP contribution in [0.4, 0.5) is 11.4 Å². The van der Waals surface area contributed by atoms with E-state index in [-0.39, 0.29) is 5.91 Å². The lowest BCUT2D eigenvalue weighted by molar-refractivity contribution is -0.116. The number of esters is 1. The predicted octanol–water partition coefficient (Wildman–Crippen LogP) is 4.22. The van der Waals surface area contributed by atoms with E-state index in [9.17, 15) is 9.59 Å². The van der Waals surface area contributed by atoms with Gasteiger partial charge in [-0.3, -0.25) is 4.79 Å². The summed E-state index contributed by atoms with van der Waals surface area (Å²) < 4.78 is 4.64. The number of carbonyl (C=O) groups excluding carboxylic acids is 2. The van der Waals surface area contributed by atoms with Gasteiger partial charge in [-0.25, -0.2) is 4.79 Å². The van der Waals surface area contributed by atoms with Crippen molar-refractivity contribution >= 4 is 46.5 Å². The van der Waals surface area contributed by atoms with E-state index >= 15 is 0 Å². The van der Waals surface area contributed by atoms with Gasteiger partial charge in [-0.05, 0) is 49.4 Å². The monoisotopic (exact) mass is 366 g/mol. The Morgan fingerprint density at radius 3 is 2.12 bits per heavy atom. The fraction of sp³-hybridized carbons (Fsp3) is 0.176. The van der Waals surface area contributed by atoms with Gasteiger partial charge in [0, 0.05) is 21.4 Å². The van der Waals surface area contributed by atoms with Crippen molar-refractivity contribution in [3.63, 3.8) is 0 Å².